The molecule has 0 unspecified atom stereocenters. The van der Waals surface area contributed by atoms with Gasteiger partial charge in [0.1, 0.15) is 10.4 Å². The van der Waals surface area contributed by atoms with Crippen LogP contribution in [-0.4, -0.2) is 19.6 Å². The number of halogens is 1. The van der Waals surface area contributed by atoms with E-state index in [1.807, 2.05) is 11.4 Å². The number of fused-ring (bicyclic) bond motifs is 1. The van der Waals surface area contributed by atoms with Crippen LogP contribution in [0.5, 0.6) is 0 Å². The summed E-state index contributed by atoms with van der Waals surface area (Å²) in [5, 5.41) is 3.27. The fraction of sp³-hybridized carbons (Fsp3) is 0.286. The molecule has 0 bridgehead atoms. The molecule has 4 nitrogen and oxygen atoms in total. The number of benzene rings is 1. The minimum Gasteiger partial charge on any atom is -0.277 e. The standard InChI is InChI=1S/C14H15BrN4/c1-9-5-3-4-6-11(9)7-8-12-17-14-16-10(2)13(15)19(14)18-12/h3-6H,7-8H2,1-2H3,(H,16,17,18). The molecule has 98 valence electrons. The van der Waals surface area contributed by atoms with Crippen molar-refractivity contribution in [3.8, 4) is 0 Å². The van der Waals surface area contributed by atoms with Gasteiger partial charge in [-0.1, -0.05) is 24.3 Å². The lowest BCUT2D eigenvalue weighted by atomic mass is 10.0. The molecule has 0 saturated carbocycles. The van der Waals surface area contributed by atoms with Crippen molar-refractivity contribution >= 4 is 21.7 Å². The smallest absolute Gasteiger partial charge is 0.251 e. The van der Waals surface area contributed by atoms with Gasteiger partial charge in [-0.05, 0) is 47.3 Å². The molecule has 0 radical (unpaired) electrons. The summed E-state index contributed by atoms with van der Waals surface area (Å²) < 4.78 is 2.82. The molecular formula is C14H15BrN4. The third-order valence-electron chi connectivity index (χ3n) is 3.33. The van der Waals surface area contributed by atoms with Gasteiger partial charge in [0.15, 0.2) is 0 Å². The highest BCUT2D eigenvalue weighted by atomic mass is 79.9. The average Bonchev–Trinajstić information content (AvgIpc) is 2.90. The first-order chi connectivity index (χ1) is 9.15. The average molecular weight is 319 g/mol. The lowest BCUT2D eigenvalue weighted by Crippen LogP contribution is -1.96. The molecule has 0 atom stereocenters. The monoisotopic (exact) mass is 318 g/mol. The Labute approximate surface area is 120 Å². The Morgan fingerprint density at radius 3 is 2.68 bits per heavy atom. The van der Waals surface area contributed by atoms with Crippen LogP contribution in [0.4, 0.5) is 0 Å². The largest absolute Gasteiger partial charge is 0.277 e. The predicted molar refractivity (Wildman–Crippen MR) is 78.4 cm³/mol. The van der Waals surface area contributed by atoms with E-state index in [1.165, 1.54) is 11.1 Å². The predicted octanol–water partition coefficient (Wildman–Crippen LogP) is 3.22. The van der Waals surface area contributed by atoms with E-state index in [9.17, 15) is 0 Å². The van der Waals surface area contributed by atoms with Crippen LogP contribution in [0.15, 0.2) is 28.9 Å². The van der Waals surface area contributed by atoms with E-state index < -0.39 is 0 Å². The van der Waals surface area contributed by atoms with Crippen LogP contribution in [-0.2, 0) is 12.8 Å². The molecule has 3 rings (SSSR count). The Morgan fingerprint density at radius 2 is 1.95 bits per heavy atom. The Balaban J connectivity index is 1.81. The van der Waals surface area contributed by atoms with Crippen molar-refractivity contribution in [2.45, 2.75) is 26.7 Å². The molecule has 2 heterocycles. The summed E-state index contributed by atoms with van der Waals surface area (Å²) in [4.78, 5) is 8.89. The topological polar surface area (TPSA) is 46.0 Å². The summed E-state index contributed by atoms with van der Waals surface area (Å²) in [6.07, 6.45) is 1.87. The zero-order valence-electron chi connectivity index (χ0n) is 10.9. The fourth-order valence-corrected chi connectivity index (χ4v) is 2.54. The summed E-state index contributed by atoms with van der Waals surface area (Å²) in [6, 6.07) is 8.46. The number of nitrogens with zero attached hydrogens (tertiary/aromatic N) is 3. The van der Waals surface area contributed by atoms with Crippen LogP contribution in [0.3, 0.4) is 0 Å². The number of nitrogens with one attached hydrogen (secondary N) is 1. The number of aromatic amines is 1. The van der Waals surface area contributed by atoms with Gasteiger partial charge in [0, 0.05) is 6.42 Å². The van der Waals surface area contributed by atoms with Gasteiger partial charge in [0.2, 0.25) is 0 Å². The van der Waals surface area contributed by atoms with Gasteiger partial charge in [0.05, 0.1) is 5.69 Å². The van der Waals surface area contributed by atoms with Crippen LogP contribution in [0.25, 0.3) is 5.78 Å². The zero-order valence-corrected chi connectivity index (χ0v) is 12.5. The molecular weight excluding hydrogens is 304 g/mol. The molecule has 1 aromatic carbocycles. The molecule has 0 spiro atoms. The second-order valence-electron chi connectivity index (χ2n) is 4.72. The molecule has 19 heavy (non-hydrogen) atoms. The van der Waals surface area contributed by atoms with Gasteiger partial charge >= 0.3 is 0 Å². The van der Waals surface area contributed by atoms with Crippen LogP contribution >= 0.6 is 15.9 Å². The van der Waals surface area contributed by atoms with Crippen LogP contribution in [0, 0.1) is 13.8 Å². The van der Waals surface area contributed by atoms with Crippen molar-refractivity contribution in [2.75, 3.05) is 0 Å². The first kappa shape index (κ1) is 12.4. The summed E-state index contributed by atoms with van der Waals surface area (Å²) >= 11 is 3.50. The van der Waals surface area contributed by atoms with E-state index in [0.717, 1.165) is 34.7 Å². The van der Waals surface area contributed by atoms with Gasteiger partial charge in [-0.3, -0.25) is 5.10 Å². The summed E-state index contributed by atoms with van der Waals surface area (Å²) in [7, 11) is 0. The highest BCUT2D eigenvalue weighted by Gasteiger charge is 2.10. The van der Waals surface area contributed by atoms with Crippen LogP contribution in [0.2, 0.25) is 0 Å². The third kappa shape index (κ3) is 2.30. The van der Waals surface area contributed by atoms with Crippen LogP contribution in [0.1, 0.15) is 22.6 Å². The number of imidazole rings is 1. The SMILES string of the molecule is Cc1ccccc1CCc1nc2nc(C)c(Br)n2[nH]1. The van der Waals surface area contributed by atoms with Gasteiger partial charge in [-0.15, -0.1) is 0 Å². The minimum absolute atomic E-state index is 0.726. The van der Waals surface area contributed by atoms with Gasteiger partial charge < -0.3 is 0 Å². The molecule has 2 aromatic heterocycles. The minimum atomic E-state index is 0.726. The molecule has 1 N–H and O–H groups in total. The number of aromatic nitrogens is 4. The molecule has 5 heteroatoms. The highest BCUT2D eigenvalue weighted by molar-refractivity contribution is 9.10. The maximum absolute atomic E-state index is 4.51. The van der Waals surface area contributed by atoms with E-state index in [1.54, 1.807) is 0 Å². The van der Waals surface area contributed by atoms with E-state index in [0.29, 0.717) is 0 Å². The van der Waals surface area contributed by atoms with Crippen molar-refractivity contribution in [1.29, 1.82) is 0 Å². The quantitative estimate of drug-likeness (QED) is 0.806. The summed E-state index contributed by atoms with van der Waals surface area (Å²) in [5.74, 6) is 1.69. The number of hydrogen-bond donors (Lipinski definition) is 1. The number of hydrogen-bond acceptors (Lipinski definition) is 2. The second-order valence-corrected chi connectivity index (χ2v) is 5.47. The first-order valence-electron chi connectivity index (χ1n) is 6.29. The zero-order chi connectivity index (χ0) is 13.4. The number of aryl methyl sites for hydroxylation is 4. The van der Waals surface area contributed by atoms with Crippen molar-refractivity contribution in [3.63, 3.8) is 0 Å². The molecule has 0 aliphatic rings. The second kappa shape index (κ2) is 4.81. The molecule has 0 amide bonds. The fourth-order valence-electron chi connectivity index (χ4n) is 2.20. The maximum Gasteiger partial charge on any atom is 0.251 e. The number of rotatable bonds is 3. The maximum atomic E-state index is 4.51. The van der Waals surface area contributed by atoms with Gasteiger partial charge in [-0.2, -0.15) is 4.98 Å². The summed E-state index contributed by atoms with van der Waals surface area (Å²) in [5.41, 5.74) is 3.65. The van der Waals surface area contributed by atoms with Crippen molar-refractivity contribution in [1.82, 2.24) is 19.6 Å². The van der Waals surface area contributed by atoms with Crippen LogP contribution < -0.4 is 0 Å². The Bertz CT molecular complexity index is 726. The van der Waals surface area contributed by atoms with Crippen molar-refractivity contribution in [2.24, 2.45) is 0 Å². The Hall–Kier alpha value is -1.62. The van der Waals surface area contributed by atoms with Gasteiger partial charge in [-0.25, -0.2) is 9.50 Å². The molecule has 0 fully saturated rings. The van der Waals surface area contributed by atoms with E-state index in [4.69, 9.17) is 0 Å². The molecule has 0 aliphatic heterocycles. The molecule has 3 aromatic rings. The normalized spacial score (nSPS) is 11.3. The third-order valence-corrected chi connectivity index (χ3v) is 4.26. The molecule has 0 saturated heterocycles. The lowest BCUT2D eigenvalue weighted by Gasteiger charge is -2.03. The lowest BCUT2D eigenvalue weighted by molar-refractivity contribution is 0.827. The van der Waals surface area contributed by atoms with E-state index >= 15 is 0 Å². The first-order valence-corrected chi connectivity index (χ1v) is 7.08. The summed E-state index contributed by atoms with van der Waals surface area (Å²) in [6.45, 7) is 4.10. The van der Waals surface area contributed by atoms with Crippen molar-refractivity contribution in [3.05, 3.63) is 51.5 Å². The van der Waals surface area contributed by atoms with Crippen molar-refractivity contribution < 1.29 is 0 Å². The Kier molecular flexibility index (Phi) is 3.14. The molecule has 0 aliphatic carbocycles. The van der Waals surface area contributed by atoms with Gasteiger partial charge in [0.25, 0.3) is 5.78 Å². The highest BCUT2D eigenvalue weighted by Crippen LogP contribution is 2.17. The van der Waals surface area contributed by atoms with E-state index in [2.05, 4.69) is 62.2 Å². The van der Waals surface area contributed by atoms with E-state index in [-0.39, 0.29) is 0 Å². The Morgan fingerprint density at radius 1 is 1.16 bits per heavy atom. The number of H-pyrrole nitrogens is 1.